The zero-order valence-electron chi connectivity index (χ0n) is 19.1. The molecular weight excluding hydrogens is 459 g/mol. The zero-order valence-corrected chi connectivity index (χ0v) is 20.0. The monoisotopic (exact) mass is 486 g/mol. The molecule has 4 rings (SSSR count). The van der Waals surface area contributed by atoms with Crippen LogP contribution < -0.4 is 21.1 Å². The number of aryl methyl sites for hydroxylation is 1. The van der Waals surface area contributed by atoms with Crippen molar-refractivity contribution in [2.75, 3.05) is 29.9 Å². The smallest absolute Gasteiger partial charge is 0.273 e. The summed E-state index contributed by atoms with van der Waals surface area (Å²) in [6.45, 7) is 5.47. The van der Waals surface area contributed by atoms with Crippen LogP contribution in [0.5, 0.6) is 0 Å². The van der Waals surface area contributed by atoms with E-state index in [1.165, 1.54) is 34.4 Å². The highest BCUT2D eigenvalue weighted by Gasteiger charge is 2.27. The highest BCUT2D eigenvalue weighted by atomic mass is 32.1. The lowest BCUT2D eigenvalue weighted by Gasteiger charge is -2.31. The molecule has 11 heteroatoms. The van der Waals surface area contributed by atoms with Crippen molar-refractivity contribution in [2.45, 2.75) is 39.7 Å². The summed E-state index contributed by atoms with van der Waals surface area (Å²) < 4.78 is 15.1. The summed E-state index contributed by atoms with van der Waals surface area (Å²) in [6.07, 6.45) is 3.86. The number of carbonyl (C=O) groups excluding carboxylic acids is 2. The second-order valence-corrected chi connectivity index (χ2v) is 9.39. The molecule has 2 amide bonds. The van der Waals surface area contributed by atoms with Gasteiger partial charge in [-0.2, -0.15) is 4.98 Å². The number of benzene rings is 1. The summed E-state index contributed by atoms with van der Waals surface area (Å²) in [6, 6.07) is 4.13. The summed E-state index contributed by atoms with van der Waals surface area (Å²) in [7, 11) is 0. The molecule has 0 spiro atoms. The van der Waals surface area contributed by atoms with Crippen LogP contribution in [0.25, 0.3) is 10.3 Å². The highest BCUT2D eigenvalue weighted by molar-refractivity contribution is 7.22. The van der Waals surface area contributed by atoms with E-state index < -0.39 is 11.7 Å². The number of nitrogens with zero attached hydrogens (tertiary/aromatic N) is 4. The van der Waals surface area contributed by atoms with Crippen molar-refractivity contribution >= 4 is 44.3 Å². The van der Waals surface area contributed by atoms with E-state index in [0.29, 0.717) is 39.8 Å². The lowest BCUT2D eigenvalue weighted by molar-refractivity contribution is -0.125. The Bertz CT molecular complexity index is 1270. The third kappa shape index (κ3) is 5.24. The second-order valence-electron chi connectivity index (χ2n) is 8.41. The van der Waals surface area contributed by atoms with Gasteiger partial charge in [0.2, 0.25) is 11.8 Å². The molecule has 0 radical (unpaired) electrons. The fourth-order valence-electron chi connectivity index (χ4n) is 3.91. The molecule has 9 nitrogen and oxygen atoms in total. The first kappa shape index (κ1) is 23.8. The first-order chi connectivity index (χ1) is 16.4. The van der Waals surface area contributed by atoms with Crippen LogP contribution in [0.1, 0.15) is 31.7 Å². The van der Waals surface area contributed by atoms with Gasteiger partial charge in [-0.3, -0.25) is 19.0 Å². The SMILES string of the molecule is CCCNC(=O)[C@@H]1CCCN(c2nc3ncn(CC(=O)Nc4cc(F)ccc4C)c(=O)c3s2)C1. The average Bonchev–Trinajstić information content (AvgIpc) is 3.27. The molecule has 2 aromatic heterocycles. The summed E-state index contributed by atoms with van der Waals surface area (Å²) in [5, 5.41) is 6.23. The van der Waals surface area contributed by atoms with Gasteiger partial charge in [-0.15, -0.1) is 0 Å². The number of thiazole rings is 1. The Morgan fingerprint density at radius 2 is 2.15 bits per heavy atom. The predicted octanol–water partition coefficient (Wildman–Crippen LogP) is 2.68. The van der Waals surface area contributed by atoms with Crippen LogP contribution in [0.4, 0.5) is 15.2 Å². The lowest BCUT2D eigenvalue weighted by atomic mass is 9.97. The average molecular weight is 487 g/mol. The summed E-state index contributed by atoms with van der Waals surface area (Å²) in [4.78, 5) is 48.7. The first-order valence-electron chi connectivity index (χ1n) is 11.3. The van der Waals surface area contributed by atoms with Crippen LogP contribution in [0.15, 0.2) is 29.3 Å². The third-order valence-electron chi connectivity index (χ3n) is 5.77. The van der Waals surface area contributed by atoms with Crippen molar-refractivity contribution in [1.29, 1.82) is 0 Å². The number of halogens is 1. The number of amides is 2. The Labute approximate surface area is 200 Å². The van der Waals surface area contributed by atoms with E-state index >= 15 is 0 Å². The zero-order chi connectivity index (χ0) is 24.2. The van der Waals surface area contributed by atoms with Crippen LogP contribution in [0.2, 0.25) is 0 Å². The normalized spacial score (nSPS) is 16.0. The van der Waals surface area contributed by atoms with Gasteiger partial charge >= 0.3 is 0 Å². The van der Waals surface area contributed by atoms with Gasteiger partial charge in [0.25, 0.3) is 5.56 Å². The molecule has 0 bridgehead atoms. The molecule has 34 heavy (non-hydrogen) atoms. The van der Waals surface area contributed by atoms with Gasteiger partial charge < -0.3 is 15.5 Å². The summed E-state index contributed by atoms with van der Waals surface area (Å²) >= 11 is 1.22. The molecule has 3 heterocycles. The maximum absolute atomic E-state index is 13.5. The Morgan fingerprint density at radius 3 is 2.94 bits per heavy atom. The van der Waals surface area contributed by atoms with Crippen LogP contribution >= 0.6 is 11.3 Å². The fourth-order valence-corrected chi connectivity index (χ4v) is 4.92. The largest absolute Gasteiger partial charge is 0.356 e. The standard InChI is InChI=1S/C23H27FN6O3S/c1-3-8-25-21(32)15-5-4-9-29(11-15)23-28-20-19(34-23)22(33)30(13-26-20)12-18(31)27-17-10-16(24)7-6-14(17)2/h6-7,10,13,15H,3-5,8-9,11-12H2,1-2H3,(H,25,32)(H,27,31)/t15-/m1/s1. The Morgan fingerprint density at radius 1 is 1.32 bits per heavy atom. The molecular formula is C23H27FN6O3S. The Balaban J connectivity index is 1.49. The van der Waals surface area contributed by atoms with E-state index in [1.807, 2.05) is 11.8 Å². The molecule has 0 saturated carbocycles. The molecule has 180 valence electrons. The number of carbonyl (C=O) groups is 2. The molecule has 1 saturated heterocycles. The number of hydrogen-bond acceptors (Lipinski definition) is 7. The van der Waals surface area contributed by atoms with E-state index in [4.69, 9.17) is 0 Å². The van der Waals surface area contributed by atoms with Gasteiger partial charge in [0.1, 0.15) is 23.4 Å². The quantitative estimate of drug-likeness (QED) is 0.532. The van der Waals surface area contributed by atoms with Crippen LogP contribution in [0, 0.1) is 18.7 Å². The van der Waals surface area contributed by atoms with Crippen molar-refractivity contribution < 1.29 is 14.0 Å². The number of rotatable bonds is 7. The van der Waals surface area contributed by atoms with Crippen molar-refractivity contribution in [3.8, 4) is 0 Å². The molecule has 3 aromatic rings. The molecule has 1 aliphatic heterocycles. The van der Waals surface area contributed by atoms with Gasteiger partial charge in [-0.25, -0.2) is 9.37 Å². The summed E-state index contributed by atoms with van der Waals surface area (Å²) in [5.74, 6) is -0.987. The Kier molecular flexibility index (Phi) is 7.20. The molecule has 1 atom stereocenters. The molecule has 1 fully saturated rings. The van der Waals surface area contributed by atoms with E-state index in [-0.39, 0.29) is 23.9 Å². The molecule has 1 aliphatic rings. The summed E-state index contributed by atoms with van der Waals surface area (Å²) in [5.41, 5.74) is 1.02. The van der Waals surface area contributed by atoms with Gasteiger partial charge in [-0.1, -0.05) is 24.3 Å². The van der Waals surface area contributed by atoms with Crippen LogP contribution in [0.3, 0.4) is 0 Å². The van der Waals surface area contributed by atoms with Crippen molar-refractivity contribution in [3.63, 3.8) is 0 Å². The lowest BCUT2D eigenvalue weighted by Crippen LogP contribution is -2.43. The van der Waals surface area contributed by atoms with E-state index in [2.05, 4.69) is 20.6 Å². The van der Waals surface area contributed by atoms with Gasteiger partial charge in [0.15, 0.2) is 10.8 Å². The fraction of sp³-hybridized carbons (Fsp3) is 0.435. The number of hydrogen-bond donors (Lipinski definition) is 2. The number of anilines is 2. The van der Waals surface area contributed by atoms with Crippen molar-refractivity contribution in [2.24, 2.45) is 5.92 Å². The minimum absolute atomic E-state index is 0.0488. The van der Waals surface area contributed by atoms with Gasteiger partial charge in [0, 0.05) is 25.3 Å². The van der Waals surface area contributed by atoms with Crippen molar-refractivity contribution in [3.05, 3.63) is 46.3 Å². The minimum atomic E-state index is -0.460. The third-order valence-corrected chi connectivity index (χ3v) is 6.87. The van der Waals surface area contributed by atoms with Crippen LogP contribution in [-0.2, 0) is 16.1 Å². The molecule has 0 unspecified atom stereocenters. The number of fused-ring (bicyclic) bond motifs is 1. The molecule has 1 aromatic carbocycles. The molecule has 2 N–H and O–H groups in total. The van der Waals surface area contributed by atoms with Crippen molar-refractivity contribution in [1.82, 2.24) is 19.9 Å². The predicted molar refractivity (Wildman–Crippen MR) is 130 cm³/mol. The van der Waals surface area contributed by atoms with Gasteiger partial charge in [-0.05, 0) is 43.9 Å². The maximum Gasteiger partial charge on any atom is 0.273 e. The number of aromatic nitrogens is 3. The number of piperidine rings is 1. The highest BCUT2D eigenvalue weighted by Crippen LogP contribution is 2.29. The van der Waals surface area contributed by atoms with E-state index in [0.717, 1.165) is 25.8 Å². The van der Waals surface area contributed by atoms with Gasteiger partial charge in [0.05, 0.1) is 5.92 Å². The van der Waals surface area contributed by atoms with E-state index in [1.54, 1.807) is 13.0 Å². The Hall–Kier alpha value is -3.34. The minimum Gasteiger partial charge on any atom is -0.356 e. The van der Waals surface area contributed by atoms with Crippen LogP contribution in [-0.4, -0.2) is 46.0 Å². The number of nitrogens with one attached hydrogen (secondary N) is 2. The maximum atomic E-state index is 13.5. The molecule has 0 aliphatic carbocycles. The topological polar surface area (TPSA) is 109 Å². The second kappa shape index (κ2) is 10.3. The first-order valence-corrected chi connectivity index (χ1v) is 12.1. The van der Waals surface area contributed by atoms with E-state index in [9.17, 15) is 18.8 Å².